The summed E-state index contributed by atoms with van der Waals surface area (Å²) in [6.45, 7) is 8.73. The van der Waals surface area contributed by atoms with E-state index in [0.29, 0.717) is 12.5 Å². The first-order chi connectivity index (χ1) is 12.2. The lowest BCUT2D eigenvalue weighted by Gasteiger charge is -2.40. The second-order valence-electron chi connectivity index (χ2n) is 7.47. The maximum Gasteiger partial charge on any atom is 0.407 e. The molecular weight excluding hydrogens is 336 g/mol. The van der Waals surface area contributed by atoms with Gasteiger partial charge in [-0.1, -0.05) is 13.8 Å². The molecule has 0 aromatic rings. The molecule has 3 N–H and O–H groups in total. The second kappa shape index (κ2) is 8.16. The van der Waals surface area contributed by atoms with E-state index in [1.165, 1.54) is 14.2 Å². The minimum atomic E-state index is -0.796. The third kappa shape index (κ3) is 4.06. The van der Waals surface area contributed by atoms with Crippen molar-refractivity contribution in [3.63, 3.8) is 0 Å². The summed E-state index contributed by atoms with van der Waals surface area (Å²) in [6.07, 6.45) is 2.68. The Morgan fingerprint density at radius 2 is 2.04 bits per heavy atom. The average Bonchev–Trinajstić information content (AvgIpc) is 3.26. The van der Waals surface area contributed by atoms with Gasteiger partial charge in [-0.3, -0.25) is 4.79 Å². The molecule has 2 aliphatic heterocycles. The lowest BCUT2D eigenvalue weighted by Crippen LogP contribution is -2.64. The predicted octanol–water partition coefficient (Wildman–Crippen LogP) is 1.14. The summed E-state index contributed by atoms with van der Waals surface area (Å²) in [5.74, 6) is 0.215. The zero-order chi connectivity index (χ0) is 19.5. The van der Waals surface area contributed by atoms with Crippen molar-refractivity contribution in [2.24, 2.45) is 5.92 Å². The van der Waals surface area contributed by atoms with E-state index in [0.717, 1.165) is 18.5 Å². The van der Waals surface area contributed by atoms with E-state index < -0.39 is 23.9 Å². The molecule has 0 aromatic carbocycles. The van der Waals surface area contributed by atoms with Gasteiger partial charge in [0, 0.05) is 25.6 Å². The van der Waals surface area contributed by atoms with Gasteiger partial charge in [0.1, 0.15) is 11.7 Å². The van der Waals surface area contributed by atoms with E-state index in [2.05, 4.69) is 41.5 Å². The molecule has 2 rings (SSSR count). The molecule has 0 spiro atoms. The number of ether oxygens (including phenoxy) is 2. The smallest absolute Gasteiger partial charge is 0.407 e. The summed E-state index contributed by atoms with van der Waals surface area (Å²) in [5, 5.41) is 9.57. The number of methoxy groups -OCH3 is 2. The first kappa shape index (κ1) is 20.4. The van der Waals surface area contributed by atoms with Crippen molar-refractivity contribution in [1.82, 2.24) is 20.9 Å². The Balaban J connectivity index is 2.17. The Hall–Kier alpha value is -1.96. The average molecular weight is 368 g/mol. The minimum Gasteiger partial charge on any atom is -0.453 e. The van der Waals surface area contributed by atoms with Crippen molar-refractivity contribution in [3.05, 3.63) is 11.9 Å². The largest absolute Gasteiger partial charge is 0.453 e. The molecule has 1 saturated heterocycles. The van der Waals surface area contributed by atoms with E-state index in [1.54, 1.807) is 6.92 Å². The summed E-state index contributed by atoms with van der Waals surface area (Å²) in [7, 11) is 2.80. The number of allylic oxidation sites excluding steroid dienone is 1. The van der Waals surface area contributed by atoms with Crippen LogP contribution in [0.5, 0.6) is 0 Å². The zero-order valence-corrected chi connectivity index (χ0v) is 16.6. The lowest BCUT2D eigenvalue weighted by molar-refractivity contribution is -0.138. The predicted molar refractivity (Wildman–Crippen MR) is 98.1 cm³/mol. The van der Waals surface area contributed by atoms with Crippen LogP contribution in [0.4, 0.5) is 4.79 Å². The molecule has 2 heterocycles. The quantitative estimate of drug-likeness (QED) is 0.651. The van der Waals surface area contributed by atoms with Gasteiger partial charge in [-0.25, -0.2) is 4.79 Å². The Kier molecular flexibility index (Phi) is 6.39. The first-order valence-electron chi connectivity index (χ1n) is 9.17. The van der Waals surface area contributed by atoms with Gasteiger partial charge in [-0.15, -0.1) is 0 Å². The second-order valence-corrected chi connectivity index (χ2v) is 7.47. The standard InChI is InChI=1S/C18H32N4O4/c1-11(2)13-10-19-18(4,21-13)14-8-7-9-22(14)16(23)15(12(3)25-5)20-17(24)26-6/h10-12,14-15,19,21H,7-9H2,1-6H3,(H,20,24)/t12-,14-,15-,18?/m0/s1. The number of nitrogens with one attached hydrogen (secondary N) is 3. The van der Waals surface area contributed by atoms with Crippen LogP contribution in [0, 0.1) is 5.92 Å². The van der Waals surface area contributed by atoms with Crippen LogP contribution in [0.2, 0.25) is 0 Å². The number of carbonyl (C=O) groups excluding carboxylic acids is 2. The number of rotatable bonds is 6. The maximum absolute atomic E-state index is 13.2. The van der Waals surface area contributed by atoms with Crippen LogP contribution in [0.3, 0.4) is 0 Å². The number of likely N-dealkylation sites (tertiary alicyclic amines) is 1. The molecular formula is C18H32N4O4. The first-order valence-corrected chi connectivity index (χ1v) is 9.17. The number of nitrogens with zero attached hydrogens (tertiary/aromatic N) is 1. The van der Waals surface area contributed by atoms with Gasteiger partial charge in [0.25, 0.3) is 0 Å². The van der Waals surface area contributed by atoms with Gasteiger partial charge >= 0.3 is 6.09 Å². The maximum atomic E-state index is 13.2. The van der Waals surface area contributed by atoms with Crippen LogP contribution < -0.4 is 16.0 Å². The molecule has 148 valence electrons. The SMILES string of the molecule is COC(=O)N[C@H](C(=O)N1CCC[C@H]1C1(C)NC=C(C(C)C)N1)[C@H](C)OC. The molecule has 1 unspecified atom stereocenters. The normalized spacial score (nSPS) is 27.4. The number of alkyl carbamates (subject to hydrolysis) is 1. The number of carbonyl (C=O) groups is 2. The van der Waals surface area contributed by atoms with Crippen LogP contribution >= 0.6 is 0 Å². The van der Waals surface area contributed by atoms with E-state index >= 15 is 0 Å². The highest BCUT2D eigenvalue weighted by molar-refractivity contribution is 5.86. The number of hydrogen-bond donors (Lipinski definition) is 3. The van der Waals surface area contributed by atoms with Crippen molar-refractivity contribution in [2.75, 3.05) is 20.8 Å². The minimum absolute atomic E-state index is 0.0338. The van der Waals surface area contributed by atoms with Gasteiger partial charge in [0.05, 0.1) is 19.3 Å². The Bertz CT molecular complexity index is 565. The van der Waals surface area contributed by atoms with Crippen molar-refractivity contribution in [2.45, 2.75) is 64.4 Å². The van der Waals surface area contributed by atoms with Crippen LogP contribution in [0.25, 0.3) is 0 Å². The van der Waals surface area contributed by atoms with E-state index in [9.17, 15) is 9.59 Å². The fraction of sp³-hybridized carbons (Fsp3) is 0.778. The molecule has 0 aromatic heterocycles. The molecule has 0 saturated carbocycles. The van der Waals surface area contributed by atoms with E-state index in [-0.39, 0.29) is 11.9 Å². The third-order valence-electron chi connectivity index (χ3n) is 5.32. The Morgan fingerprint density at radius 1 is 1.35 bits per heavy atom. The molecule has 26 heavy (non-hydrogen) atoms. The molecule has 2 aliphatic rings. The molecule has 8 heteroatoms. The van der Waals surface area contributed by atoms with Crippen molar-refractivity contribution < 1.29 is 19.1 Å². The molecule has 1 fully saturated rings. The van der Waals surface area contributed by atoms with Crippen molar-refractivity contribution >= 4 is 12.0 Å². The molecule has 0 bridgehead atoms. The number of hydrogen-bond acceptors (Lipinski definition) is 6. The van der Waals surface area contributed by atoms with E-state index in [4.69, 9.17) is 4.74 Å². The molecule has 4 atom stereocenters. The third-order valence-corrected chi connectivity index (χ3v) is 5.32. The Labute approximate surface area is 155 Å². The summed E-state index contributed by atoms with van der Waals surface area (Å²) in [4.78, 5) is 26.8. The number of amides is 2. The van der Waals surface area contributed by atoms with Crippen LogP contribution in [-0.2, 0) is 14.3 Å². The molecule has 8 nitrogen and oxygen atoms in total. The van der Waals surface area contributed by atoms with Crippen LogP contribution in [-0.4, -0.2) is 61.5 Å². The summed E-state index contributed by atoms with van der Waals surface area (Å²) in [5.41, 5.74) is 0.694. The monoisotopic (exact) mass is 368 g/mol. The lowest BCUT2D eigenvalue weighted by atomic mass is 9.98. The zero-order valence-electron chi connectivity index (χ0n) is 16.6. The van der Waals surface area contributed by atoms with Crippen LogP contribution in [0.15, 0.2) is 11.9 Å². The molecule has 2 amide bonds. The highest BCUT2D eigenvalue weighted by Crippen LogP contribution is 2.30. The van der Waals surface area contributed by atoms with Crippen molar-refractivity contribution in [3.8, 4) is 0 Å². The highest BCUT2D eigenvalue weighted by Gasteiger charge is 2.47. The van der Waals surface area contributed by atoms with Gasteiger partial charge in [0.15, 0.2) is 0 Å². The highest BCUT2D eigenvalue weighted by atomic mass is 16.5. The molecule has 0 radical (unpaired) electrons. The van der Waals surface area contributed by atoms with Gasteiger partial charge in [-0.2, -0.15) is 0 Å². The van der Waals surface area contributed by atoms with Crippen LogP contribution in [0.1, 0.15) is 40.5 Å². The molecule has 0 aliphatic carbocycles. The topological polar surface area (TPSA) is 91.9 Å². The van der Waals surface area contributed by atoms with Gasteiger partial charge in [0.2, 0.25) is 5.91 Å². The fourth-order valence-corrected chi connectivity index (χ4v) is 3.60. The summed E-state index contributed by atoms with van der Waals surface area (Å²) >= 11 is 0. The van der Waals surface area contributed by atoms with Gasteiger partial charge in [-0.05, 0) is 32.6 Å². The fourth-order valence-electron chi connectivity index (χ4n) is 3.60. The van der Waals surface area contributed by atoms with Crippen molar-refractivity contribution in [1.29, 1.82) is 0 Å². The Morgan fingerprint density at radius 3 is 2.58 bits per heavy atom. The van der Waals surface area contributed by atoms with Gasteiger partial charge < -0.3 is 30.3 Å². The summed E-state index contributed by atoms with van der Waals surface area (Å²) < 4.78 is 9.98. The van der Waals surface area contributed by atoms with E-state index in [1.807, 2.05) is 11.1 Å². The summed E-state index contributed by atoms with van der Waals surface area (Å²) in [6, 6.07) is -0.830.